The van der Waals surface area contributed by atoms with Gasteiger partial charge >= 0.3 is 0 Å². The third-order valence-corrected chi connectivity index (χ3v) is 6.51. The van der Waals surface area contributed by atoms with Crippen molar-refractivity contribution >= 4 is 33.2 Å². The number of hydrogen-bond donors (Lipinski definition) is 1. The van der Waals surface area contributed by atoms with E-state index in [0.29, 0.717) is 17.9 Å². The van der Waals surface area contributed by atoms with Crippen LogP contribution in [0, 0.1) is 16.0 Å². The second kappa shape index (κ2) is 12.3. The molecule has 0 saturated carbocycles. The molecular weight excluding hydrogens is 488 g/mol. The maximum atomic E-state index is 13.5. The van der Waals surface area contributed by atoms with Crippen molar-refractivity contribution < 1.29 is 27.7 Å². The first-order valence-electron chi connectivity index (χ1n) is 11.3. The van der Waals surface area contributed by atoms with Crippen molar-refractivity contribution in [2.24, 2.45) is 5.92 Å². The van der Waals surface area contributed by atoms with Gasteiger partial charge in [-0.15, -0.1) is 0 Å². The Morgan fingerprint density at radius 1 is 1.11 bits per heavy atom. The summed E-state index contributed by atoms with van der Waals surface area (Å²) >= 11 is 0. The molecule has 2 aromatic carbocycles. The largest absolute Gasteiger partial charge is 0.497 e. The molecule has 1 N–H and O–H groups in total. The van der Waals surface area contributed by atoms with Gasteiger partial charge in [-0.25, -0.2) is 8.42 Å². The average molecular weight is 521 g/mol. The van der Waals surface area contributed by atoms with Crippen molar-refractivity contribution in [2.75, 3.05) is 30.8 Å². The van der Waals surface area contributed by atoms with Gasteiger partial charge in [0.15, 0.2) is 0 Å². The molecule has 196 valence electrons. The van der Waals surface area contributed by atoms with Crippen LogP contribution in [0.25, 0.3) is 0 Å². The number of carbonyl (C=O) groups excluding carboxylic acids is 2. The zero-order chi connectivity index (χ0) is 27.0. The van der Waals surface area contributed by atoms with Gasteiger partial charge in [-0.05, 0) is 36.6 Å². The molecule has 0 aliphatic rings. The molecule has 0 aliphatic heterocycles. The number of nitrogens with one attached hydrogen (secondary N) is 1. The molecule has 2 aromatic rings. The lowest BCUT2D eigenvalue weighted by Gasteiger charge is -2.31. The summed E-state index contributed by atoms with van der Waals surface area (Å²) in [4.78, 5) is 38.1. The number of sulfonamides is 1. The Morgan fingerprint density at radius 2 is 1.75 bits per heavy atom. The van der Waals surface area contributed by atoms with Crippen LogP contribution in [0.3, 0.4) is 0 Å². The number of nitro groups is 1. The maximum Gasteiger partial charge on any atom is 0.271 e. The van der Waals surface area contributed by atoms with Crippen LogP contribution in [0.1, 0.15) is 26.3 Å². The van der Waals surface area contributed by atoms with E-state index in [1.54, 1.807) is 31.2 Å². The molecular formula is C24H32N4O7S. The lowest BCUT2D eigenvalue weighted by Crippen LogP contribution is -2.51. The highest BCUT2D eigenvalue weighted by Gasteiger charge is 2.30. The second-order valence-corrected chi connectivity index (χ2v) is 10.6. The lowest BCUT2D eigenvalue weighted by molar-refractivity contribution is -0.384. The summed E-state index contributed by atoms with van der Waals surface area (Å²) in [7, 11) is -2.46. The molecule has 0 spiro atoms. The summed E-state index contributed by atoms with van der Waals surface area (Å²) in [6, 6.07) is 11.0. The summed E-state index contributed by atoms with van der Waals surface area (Å²) < 4.78 is 31.1. The summed E-state index contributed by atoms with van der Waals surface area (Å²) in [5.74, 6) is -0.212. The Labute approximate surface area is 211 Å². The Kier molecular flexibility index (Phi) is 9.79. The van der Waals surface area contributed by atoms with E-state index in [-0.39, 0.29) is 29.7 Å². The number of ether oxygens (including phenoxy) is 1. The molecule has 0 radical (unpaired) electrons. The van der Waals surface area contributed by atoms with E-state index in [9.17, 15) is 28.1 Å². The van der Waals surface area contributed by atoms with Gasteiger partial charge in [0, 0.05) is 25.2 Å². The van der Waals surface area contributed by atoms with E-state index in [1.165, 1.54) is 30.2 Å². The van der Waals surface area contributed by atoms with Gasteiger partial charge in [-0.1, -0.05) is 32.0 Å². The smallest absolute Gasteiger partial charge is 0.271 e. The van der Waals surface area contributed by atoms with E-state index < -0.39 is 33.4 Å². The summed E-state index contributed by atoms with van der Waals surface area (Å²) in [6.07, 6.45) is 0.908. The quantitative estimate of drug-likeness (QED) is 0.335. The zero-order valence-corrected chi connectivity index (χ0v) is 21.8. The van der Waals surface area contributed by atoms with E-state index in [4.69, 9.17) is 4.74 Å². The van der Waals surface area contributed by atoms with Gasteiger partial charge in [-0.3, -0.25) is 24.0 Å². The first kappa shape index (κ1) is 28.6. The normalized spacial score (nSPS) is 12.1. The molecule has 0 aliphatic carbocycles. The predicted octanol–water partition coefficient (Wildman–Crippen LogP) is 2.56. The van der Waals surface area contributed by atoms with Crippen LogP contribution in [0.2, 0.25) is 0 Å². The maximum absolute atomic E-state index is 13.5. The van der Waals surface area contributed by atoms with Crippen molar-refractivity contribution in [3.05, 3.63) is 64.2 Å². The average Bonchev–Trinajstić information content (AvgIpc) is 2.83. The fraction of sp³-hybridized carbons (Fsp3) is 0.417. The van der Waals surface area contributed by atoms with E-state index in [2.05, 4.69) is 5.32 Å². The van der Waals surface area contributed by atoms with Gasteiger partial charge in [0.2, 0.25) is 21.8 Å². The molecule has 0 saturated heterocycles. The van der Waals surface area contributed by atoms with Crippen LogP contribution in [0.15, 0.2) is 48.5 Å². The summed E-state index contributed by atoms with van der Waals surface area (Å²) in [6.45, 7) is 5.25. The minimum atomic E-state index is -3.99. The fourth-order valence-electron chi connectivity index (χ4n) is 3.34. The number of anilines is 1. The van der Waals surface area contributed by atoms with Gasteiger partial charge in [0.1, 0.15) is 18.3 Å². The molecule has 2 amide bonds. The summed E-state index contributed by atoms with van der Waals surface area (Å²) in [5.41, 5.74) is 0.361. The highest BCUT2D eigenvalue weighted by atomic mass is 32.2. The van der Waals surface area contributed by atoms with Crippen LogP contribution in [0.4, 0.5) is 11.4 Å². The van der Waals surface area contributed by atoms with Crippen molar-refractivity contribution in [1.29, 1.82) is 0 Å². The molecule has 0 heterocycles. The Hall–Kier alpha value is -3.67. The molecule has 36 heavy (non-hydrogen) atoms. The van der Waals surface area contributed by atoms with E-state index in [0.717, 1.165) is 16.6 Å². The summed E-state index contributed by atoms with van der Waals surface area (Å²) in [5, 5.41) is 14.0. The minimum absolute atomic E-state index is 0.0265. The predicted molar refractivity (Wildman–Crippen MR) is 136 cm³/mol. The van der Waals surface area contributed by atoms with Crippen LogP contribution in [-0.2, 0) is 26.2 Å². The van der Waals surface area contributed by atoms with Gasteiger partial charge in [-0.2, -0.15) is 0 Å². The SMILES string of the molecule is COc1ccc(CN(C(=O)CN(c2cccc([N+](=O)[O-])c2)S(C)(=O)=O)[C@@H](C)C(=O)NCC(C)C)cc1. The standard InChI is InChI=1S/C24H32N4O7S/c1-17(2)14-25-24(30)18(3)26(15-19-9-11-22(35-4)12-10-19)23(29)16-27(36(5,33)34)20-7-6-8-21(13-20)28(31)32/h6-13,17-18H,14-16H2,1-5H3,(H,25,30)/t18-/m0/s1. The molecule has 0 unspecified atom stereocenters. The van der Waals surface area contributed by atoms with Crippen LogP contribution < -0.4 is 14.4 Å². The van der Waals surface area contributed by atoms with Gasteiger partial charge < -0.3 is 15.0 Å². The number of carbonyl (C=O) groups is 2. The van der Waals surface area contributed by atoms with Crippen molar-refractivity contribution in [1.82, 2.24) is 10.2 Å². The molecule has 12 heteroatoms. The van der Waals surface area contributed by atoms with Gasteiger partial charge in [0.25, 0.3) is 5.69 Å². The number of methoxy groups -OCH3 is 1. The number of hydrogen-bond acceptors (Lipinski definition) is 7. The number of rotatable bonds is 12. The van der Waals surface area contributed by atoms with E-state index in [1.807, 2.05) is 13.8 Å². The van der Waals surface area contributed by atoms with Crippen LogP contribution in [0.5, 0.6) is 5.75 Å². The number of nitro benzene ring substituents is 1. The van der Waals surface area contributed by atoms with Crippen molar-refractivity contribution in [3.63, 3.8) is 0 Å². The highest BCUT2D eigenvalue weighted by molar-refractivity contribution is 7.92. The monoisotopic (exact) mass is 520 g/mol. The number of non-ortho nitro benzene ring substituents is 1. The fourth-order valence-corrected chi connectivity index (χ4v) is 4.18. The number of benzene rings is 2. The Morgan fingerprint density at radius 3 is 2.28 bits per heavy atom. The Balaban J connectivity index is 2.40. The van der Waals surface area contributed by atoms with Crippen LogP contribution >= 0.6 is 0 Å². The molecule has 0 fully saturated rings. The Bertz CT molecular complexity index is 1180. The molecule has 0 bridgehead atoms. The third-order valence-electron chi connectivity index (χ3n) is 5.37. The van der Waals surface area contributed by atoms with E-state index >= 15 is 0 Å². The second-order valence-electron chi connectivity index (χ2n) is 8.73. The minimum Gasteiger partial charge on any atom is -0.497 e. The van der Waals surface area contributed by atoms with Crippen molar-refractivity contribution in [2.45, 2.75) is 33.4 Å². The highest BCUT2D eigenvalue weighted by Crippen LogP contribution is 2.24. The first-order valence-corrected chi connectivity index (χ1v) is 13.1. The van der Waals surface area contributed by atoms with Crippen molar-refractivity contribution in [3.8, 4) is 5.75 Å². The first-order chi connectivity index (χ1) is 16.8. The number of amides is 2. The zero-order valence-electron chi connectivity index (χ0n) is 21.0. The molecule has 1 atom stereocenters. The molecule has 2 rings (SSSR count). The van der Waals surface area contributed by atoms with Crippen LogP contribution in [-0.4, -0.2) is 62.6 Å². The van der Waals surface area contributed by atoms with Gasteiger partial charge in [0.05, 0.1) is 24.0 Å². The third kappa shape index (κ3) is 7.94. The molecule has 0 aromatic heterocycles. The molecule has 11 nitrogen and oxygen atoms in total. The lowest BCUT2D eigenvalue weighted by atomic mass is 10.1. The topological polar surface area (TPSA) is 139 Å². The number of nitrogens with zero attached hydrogens (tertiary/aromatic N) is 3.